The number of hydrogen-bond acceptors (Lipinski definition) is 0. The SMILES string of the molecule is Fc1ccc(C(F)Cc2ccccc2)cc1. The van der Waals surface area contributed by atoms with Crippen molar-refractivity contribution in [1.29, 1.82) is 0 Å². The van der Waals surface area contributed by atoms with E-state index < -0.39 is 6.17 Å². The molecule has 0 nitrogen and oxygen atoms in total. The summed E-state index contributed by atoms with van der Waals surface area (Å²) < 4.78 is 26.5. The Kier molecular flexibility index (Phi) is 3.30. The molecule has 0 N–H and O–H groups in total. The molecule has 0 fully saturated rings. The van der Waals surface area contributed by atoms with Crippen LogP contribution in [0.25, 0.3) is 0 Å². The molecule has 2 rings (SSSR count). The Morgan fingerprint density at radius 3 is 2.12 bits per heavy atom. The van der Waals surface area contributed by atoms with Gasteiger partial charge in [-0.05, 0) is 23.3 Å². The fraction of sp³-hybridized carbons (Fsp3) is 0.143. The molecule has 0 bridgehead atoms. The molecule has 0 aliphatic rings. The summed E-state index contributed by atoms with van der Waals surface area (Å²) in [6.07, 6.45) is -0.755. The lowest BCUT2D eigenvalue weighted by atomic mass is 10.0. The number of rotatable bonds is 3. The third-order valence-electron chi connectivity index (χ3n) is 2.49. The van der Waals surface area contributed by atoms with Crippen molar-refractivity contribution in [2.24, 2.45) is 0 Å². The minimum Gasteiger partial charge on any atom is -0.242 e. The summed E-state index contributed by atoms with van der Waals surface area (Å²) in [6, 6.07) is 15.0. The van der Waals surface area contributed by atoms with Crippen molar-refractivity contribution in [3.63, 3.8) is 0 Å². The monoisotopic (exact) mass is 218 g/mol. The molecular formula is C14H12F2. The van der Waals surface area contributed by atoms with E-state index in [9.17, 15) is 8.78 Å². The summed E-state index contributed by atoms with van der Waals surface area (Å²) in [4.78, 5) is 0. The van der Waals surface area contributed by atoms with Gasteiger partial charge in [0.25, 0.3) is 0 Å². The van der Waals surface area contributed by atoms with Gasteiger partial charge in [-0.3, -0.25) is 0 Å². The highest BCUT2D eigenvalue weighted by Gasteiger charge is 2.10. The van der Waals surface area contributed by atoms with Crippen LogP contribution < -0.4 is 0 Å². The van der Waals surface area contributed by atoms with Crippen LogP contribution in [0, 0.1) is 5.82 Å². The first-order valence-corrected chi connectivity index (χ1v) is 5.19. The third-order valence-corrected chi connectivity index (χ3v) is 2.49. The molecule has 2 aromatic carbocycles. The van der Waals surface area contributed by atoms with Gasteiger partial charge in [0, 0.05) is 6.42 Å². The second kappa shape index (κ2) is 4.88. The summed E-state index contributed by atoms with van der Waals surface area (Å²) in [5.74, 6) is -0.337. The molecule has 1 unspecified atom stereocenters. The van der Waals surface area contributed by atoms with Crippen LogP contribution in [0.4, 0.5) is 8.78 Å². The van der Waals surface area contributed by atoms with Gasteiger partial charge in [0.05, 0.1) is 0 Å². The summed E-state index contributed by atoms with van der Waals surface area (Å²) in [5.41, 5.74) is 1.46. The predicted molar refractivity (Wildman–Crippen MR) is 60.4 cm³/mol. The summed E-state index contributed by atoms with van der Waals surface area (Å²) in [5, 5.41) is 0. The maximum Gasteiger partial charge on any atom is 0.129 e. The highest BCUT2D eigenvalue weighted by Crippen LogP contribution is 2.22. The zero-order chi connectivity index (χ0) is 11.4. The van der Waals surface area contributed by atoms with Crippen molar-refractivity contribution in [1.82, 2.24) is 0 Å². The van der Waals surface area contributed by atoms with Gasteiger partial charge in [-0.1, -0.05) is 42.5 Å². The van der Waals surface area contributed by atoms with Crippen LogP contribution in [0.1, 0.15) is 17.3 Å². The second-order valence-corrected chi connectivity index (χ2v) is 3.71. The smallest absolute Gasteiger partial charge is 0.129 e. The lowest BCUT2D eigenvalue weighted by molar-refractivity contribution is 0.342. The average Bonchev–Trinajstić information content (AvgIpc) is 2.31. The molecule has 82 valence electrons. The van der Waals surface area contributed by atoms with Crippen LogP contribution in [0.15, 0.2) is 54.6 Å². The van der Waals surface area contributed by atoms with E-state index in [1.54, 1.807) is 0 Å². The van der Waals surface area contributed by atoms with Crippen molar-refractivity contribution in [2.45, 2.75) is 12.6 Å². The molecule has 0 aliphatic carbocycles. The Bertz CT molecular complexity index is 434. The molecule has 0 saturated heterocycles. The Morgan fingerprint density at radius 1 is 0.875 bits per heavy atom. The van der Waals surface area contributed by atoms with Gasteiger partial charge in [-0.25, -0.2) is 8.78 Å². The average molecular weight is 218 g/mol. The van der Waals surface area contributed by atoms with E-state index in [1.165, 1.54) is 24.3 Å². The first-order chi connectivity index (χ1) is 7.75. The molecule has 2 heteroatoms. The molecule has 0 amide bonds. The van der Waals surface area contributed by atoms with Gasteiger partial charge in [-0.2, -0.15) is 0 Å². The number of hydrogen-bond donors (Lipinski definition) is 0. The van der Waals surface area contributed by atoms with E-state index in [4.69, 9.17) is 0 Å². The lowest BCUT2D eigenvalue weighted by Gasteiger charge is -2.08. The quantitative estimate of drug-likeness (QED) is 0.728. The van der Waals surface area contributed by atoms with Crippen LogP contribution in [-0.4, -0.2) is 0 Å². The van der Waals surface area contributed by atoms with Crippen LogP contribution in [0.3, 0.4) is 0 Å². The van der Waals surface area contributed by atoms with Gasteiger partial charge < -0.3 is 0 Å². The third kappa shape index (κ3) is 2.66. The molecular weight excluding hydrogens is 206 g/mol. The van der Waals surface area contributed by atoms with Crippen LogP contribution in [0.2, 0.25) is 0 Å². The van der Waals surface area contributed by atoms with Gasteiger partial charge in [0.1, 0.15) is 12.0 Å². The molecule has 16 heavy (non-hydrogen) atoms. The van der Waals surface area contributed by atoms with E-state index >= 15 is 0 Å². The highest BCUT2D eigenvalue weighted by atomic mass is 19.1. The first kappa shape index (κ1) is 10.8. The van der Waals surface area contributed by atoms with Gasteiger partial charge >= 0.3 is 0 Å². The predicted octanol–water partition coefficient (Wildman–Crippen LogP) is 4.08. The standard InChI is InChI=1S/C14H12F2/c15-13-8-6-12(7-9-13)14(16)10-11-4-2-1-3-5-11/h1-9,14H,10H2. The minimum atomic E-state index is -1.08. The van der Waals surface area contributed by atoms with E-state index in [0.717, 1.165) is 5.56 Å². The maximum absolute atomic E-state index is 13.8. The molecule has 0 aromatic heterocycles. The molecule has 0 aliphatic heterocycles. The van der Waals surface area contributed by atoms with Crippen molar-refractivity contribution >= 4 is 0 Å². The lowest BCUT2D eigenvalue weighted by Crippen LogP contribution is -1.96. The van der Waals surface area contributed by atoms with Crippen molar-refractivity contribution in [3.05, 3.63) is 71.5 Å². The Balaban J connectivity index is 2.09. The number of benzene rings is 2. The van der Waals surface area contributed by atoms with E-state index in [2.05, 4.69) is 0 Å². The Hall–Kier alpha value is -1.70. The zero-order valence-electron chi connectivity index (χ0n) is 8.74. The minimum absolute atomic E-state index is 0.326. The molecule has 0 saturated carbocycles. The van der Waals surface area contributed by atoms with E-state index in [1.807, 2.05) is 30.3 Å². The molecule has 0 spiro atoms. The topological polar surface area (TPSA) is 0 Å². The van der Waals surface area contributed by atoms with Crippen LogP contribution >= 0.6 is 0 Å². The largest absolute Gasteiger partial charge is 0.242 e. The van der Waals surface area contributed by atoms with E-state index in [-0.39, 0.29) is 5.82 Å². The maximum atomic E-state index is 13.8. The summed E-state index contributed by atoms with van der Waals surface area (Å²) >= 11 is 0. The van der Waals surface area contributed by atoms with E-state index in [0.29, 0.717) is 12.0 Å². The van der Waals surface area contributed by atoms with Crippen LogP contribution in [-0.2, 0) is 6.42 Å². The Labute approximate surface area is 93.5 Å². The normalized spacial score (nSPS) is 12.4. The molecule has 1 atom stereocenters. The number of halogens is 2. The van der Waals surface area contributed by atoms with Crippen molar-refractivity contribution < 1.29 is 8.78 Å². The highest BCUT2D eigenvalue weighted by molar-refractivity contribution is 5.22. The first-order valence-electron chi connectivity index (χ1n) is 5.19. The molecule has 0 heterocycles. The second-order valence-electron chi connectivity index (χ2n) is 3.71. The molecule has 0 radical (unpaired) electrons. The van der Waals surface area contributed by atoms with Gasteiger partial charge in [0.2, 0.25) is 0 Å². The van der Waals surface area contributed by atoms with Crippen LogP contribution in [0.5, 0.6) is 0 Å². The van der Waals surface area contributed by atoms with Gasteiger partial charge in [0.15, 0.2) is 0 Å². The number of alkyl halides is 1. The fourth-order valence-corrected chi connectivity index (χ4v) is 1.61. The fourth-order valence-electron chi connectivity index (χ4n) is 1.61. The summed E-state index contributed by atoms with van der Waals surface area (Å²) in [6.45, 7) is 0. The molecule has 2 aromatic rings. The summed E-state index contributed by atoms with van der Waals surface area (Å²) in [7, 11) is 0. The van der Waals surface area contributed by atoms with Crippen molar-refractivity contribution in [2.75, 3.05) is 0 Å². The van der Waals surface area contributed by atoms with Crippen molar-refractivity contribution in [3.8, 4) is 0 Å². The Morgan fingerprint density at radius 2 is 1.50 bits per heavy atom. The zero-order valence-corrected chi connectivity index (χ0v) is 8.74. The van der Waals surface area contributed by atoms with Gasteiger partial charge in [-0.15, -0.1) is 0 Å².